The van der Waals surface area contributed by atoms with Crippen LogP contribution in [0.2, 0.25) is 5.02 Å². The van der Waals surface area contributed by atoms with E-state index < -0.39 is 18.0 Å². The Bertz CT molecular complexity index is 650. The van der Waals surface area contributed by atoms with Crippen molar-refractivity contribution in [2.24, 2.45) is 11.8 Å². The fourth-order valence-corrected chi connectivity index (χ4v) is 3.93. The summed E-state index contributed by atoms with van der Waals surface area (Å²) in [7, 11) is 0. The number of benzene rings is 1. The van der Waals surface area contributed by atoms with E-state index in [2.05, 4.69) is 5.32 Å². The molecule has 1 aliphatic heterocycles. The molecule has 6 nitrogen and oxygen atoms in total. The number of halogens is 1. The van der Waals surface area contributed by atoms with Crippen molar-refractivity contribution in [2.45, 2.75) is 37.8 Å². The summed E-state index contributed by atoms with van der Waals surface area (Å²) in [6.45, 7) is 0.714. The fourth-order valence-electron chi connectivity index (χ4n) is 3.77. The lowest BCUT2D eigenvalue weighted by atomic mass is 9.72. The lowest BCUT2D eigenvalue weighted by Crippen LogP contribution is -2.50. The predicted octanol–water partition coefficient (Wildman–Crippen LogP) is 2.65. The van der Waals surface area contributed by atoms with Gasteiger partial charge in [-0.05, 0) is 62.3 Å². The molecule has 1 saturated carbocycles. The van der Waals surface area contributed by atoms with E-state index in [0.717, 1.165) is 19.3 Å². The van der Waals surface area contributed by atoms with Gasteiger partial charge < -0.3 is 20.3 Å². The Balaban J connectivity index is 1.70. The molecule has 2 aliphatic rings. The van der Waals surface area contributed by atoms with E-state index in [9.17, 15) is 19.8 Å². The Morgan fingerprint density at radius 2 is 1.96 bits per heavy atom. The molecule has 3 rings (SSSR count). The fraction of sp³-hybridized carbons (Fsp3) is 0.529. The normalized spacial score (nSPS) is 29.5. The van der Waals surface area contributed by atoms with Crippen molar-refractivity contribution in [3.8, 4) is 5.75 Å². The SMILES string of the molecule is O=C(O)c1ccc(Cl)cc1OC1CCC2CNC(C(=O)O)CC2C1. The van der Waals surface area contributed by atoms with Crippen molar-refractivity contribution in [3.63, 3.8) is 0 Å². The van der Waals surface area contributed by atoms with Crippen LogP contribution < -0.4 is 10.1 Å². The van der Waals surface area contributed by atoms with Gasteiger partial charge in [-0.1, -0.05) is 11.6 Å². The Morgan fingerprint density at radius 3 is 2.67 bits per heavy atom. The van der Waals surface area contributed by atoms with Crippen molar-refractivity contribution in [1.82, 2.24) is 5.32 Å². The summed E-state index contributed by atoms with van der Waals surface area (Å²) in [5.41, 5.74) is 0.0928. The van der Waals surface area contributed by atoms with Gasteiger partial charge in [0.1, 0.15) is 17.4 Å². The maximum Gasteiger partial charge on any atom is 0.339 e. The van der Waals surface area contributed by atoms with E-state index in [-0.39, 0.29) is 23.3 Å². The van der Waals surface area contributed by atoms with E-state index in [1.165, 1.54) is 18.2 Å². The topological polar surface area (TPSA) is 95.9 Å². The monoisotopic (exact) mass is 353 g/mol. The van der Waals surface area contributed by atoms with E-state index in [0.29, 0.717) is 23.9 Å². The average molecular weight is 354 g/mol. The molecule has 0 aromatic heterocycles. The first kappa shape index (κ1) is 17.0. The van der Waals surface area contributed by atoms with E-state index in [1.807, 2.05) is 0 Å². The highest BCUT2D eigenvalue weighted by molar-refractivity contribution is 6.30. The molecule has 7 heteroatoms. The molecule has 1 aromatic carbocycles. The molecule has 1 aromatic rings. The molecular weight excluding hydrogens is 334 g/mol. The van der Waals surface area contributed by atoms with Gasteiger partial charge in [0.25, 0.3) is 0 Å². The summed E-state index contributed by atoms with van der Waals surface area (Å²) in [4.78, 5) is 22.5. The third-order valence-corrected chi connectivity index (χ3v) is 5.26. The van der Waals surface area contributed by atoms with Crippen LogP contribution in [0.1, 0.15) is 36.0 Å². The third-order valence-electron chi connectivity index (χ3n) is 5.02. The number of hydrogen-bond acceptors (Lipinski definition) is 4. The predicted molar refractivity (Wildman–Crippen MR) is 87.7 cm³/mol. The second-order valence-corrected chi connectivity index (χ2v) is 6.99. The van der Waals surface area contributed by atoms with Crippen molar-refractivity contribution < 1.29 is 24.5 Å². The molecule has 0 amide bonds. The molecule has 1 heterocycles. The lowest BCUT2D eigenvalue weighted by molar-refractivity contribution is -0.141. The number of carbonyl (C=O) groups is 2. The number of hydrogen-bond donors (Lipinski definition) is 3. The van der Waals surface area contributed by atoms with Crippen molar-refractivity contribution >= 4 is 23.5 Å². The maximum absolute atomic E-state index is 11.3. The van der Waals surface area contributed by atoms with E-state index >= 15 is 0 Å². The number of fused-ring (bicyclic) bond motifs is 1. The van der Waals surface area contributed by atoms with Crippen LogP contribution in [-0.2, 0) is 4.79 Å². The highest BCUT2D eigenvalue weighted by atomic mass is 35.5. The van der Waals surface area contributed by atoms with Crippen LogP contribution in [0.3, 0.4) is 0 Å². The second-order valence-electron chi connectivity index (χ2n) is 6.55. The van der Waals surface area contributed by atoms with E-state index in [4.69, 9.17) is 16.3 Å². The van der Waals surface area contributed by atoms with Gasteiger partial charge in [0.2, 0.25) is 0 Å². The minimum absolute atomic E-state index is 0.0928. The molecule has 1 saturated heterocycles. The summed E-state index contributed by atoms with van der Waals surface area (Å²) in [6.07, 6.45) is 2.97. The van der Waals surface area contributed by atoms with E-state index in [1.54, 1.807) is 0 Å². The first-order valence-corrected chi connectivity index (χ1v) is 8.47. The first-order valence-electron chi connectivity index (χ1n) is 8.09. The number of carboxylic acids is 2. The number of ether oxygens (including phenoxy) is 1. The van der Waals surface area contributed by atoms with Gasteiger partial charge in [-0.25, -0.2) is 4.79 Å². The Labute approximate surface area is 144 Å². The van der Waals surface area contributed by atoms with Crippen LogP contribution in [0.5, 0.6) is 5.75 Å². The molecule has 0 radical (unpaired) electrons. The standard InChI is InChI=1S/C17H20ClNO5/c18-11-2-4-13(16(20)21)15(7-11)24-12-3-1-9-8-19-14(17(22)23)6-10(9)5-12/h2,4,7,9-10,12,14,19H,1,3,5-6,8H2,(H,20,21)(H,22,23). The lowest BCUT2D eigenvalue weighted by Gasteiger charge is -2.41. The molecule has 0 bridgehead atoms. The van der Waals surface area contributed by atoms with Gasteiger partial charge in [0, 0.05) is 5.02 Å². The molecule has 1 aliphatic carbocycles. The van der Waals surface area contributed by atoms with Gasteiger partial charge in [0.05, 0.1) is 6.10 Å². The molecule has 3 N–H and O–H groups in total. The third kappa shape index (κ3) is 3.65. The summed E-state index contributed by atoms with van der Waals surface area (Å²) >= 11 is 5.96. The smallest absolute Gasteiger partial charge is 0.339 e. The molecular formula is C17H20ClNO5. The van der Waals surface area contributed by atoms with Gasteiger partial charge in [-0.2, -0.15) is 0 Å². The van der Waals surface area contributed by atoms with Gasteiger partial charge in [-0.15, -0.1) is 0 Å². The Kier molecular flexibility index (Phi) is 4.96. The quantitative estimate of drug-likeness (QED) is 0.770. The van der Waals surface area contributed by atoms with Crippen LogP contribution in [0.25, 0.3) is 0 Å². The molecule has 24 heavy (non-hydrogen) atoms. The summed E-state index contributed by atoms with van der Waals surface area (Å²) in [6, 6.07) is 3.99. The first-order chi connectivity index (χ1) is 11.4. The Hall–Kier alpha value is -1.79. The van der Waals surface area contributed by atoms with Gasteiger partial charge in [0.15, 0.2) is 0 Å². The summed E-state index contributed by atoms with van der Waals surface area (Å²) in [5, 5.41) is 22.0. The minimum Gasteiger partial charge on any atom is -0.489 e. The number of carboxylic acid groups (broad SMARTS) is 2. The molecule has 4 atom stereocenters. The zero-order valence-electron chi connectivity index (χ0n) is 13.1. The van der Waals surface area contributed by atoms with Crippen molar-refractivity contribution in [1.29, 1.82) is 0 Å². The Morgan fingerprint density at radius 1 is 1.17 bits per heavy atom. The second kappa shape index (κ2) is 6.99. The van der Waals surface area contributed by atoms with Crippen LogP contribution in [0, 0.1) is 11.8 Å². The number of aliphatic carboxylic acids is 1. The van der Waals surface area contributed by atoms with Crippen LogP contribution in [-0.4, -0.2) is 40.8 Å². The number of rotatable bonds is 4. The minimum atomic E-state index is -1.05. The zero-order valence-corrected chi connectivity index (χ0v) is 13.8. The van der Waals surface area contributed by atoms with Crippen molar-refractivity contribution in [2.75, 3.05) is 6.54 Å². The molecule has 130 valence electrons. The molecule has 0 spiro atoms. The number of nitrogens with one attached hydrogen (secondary N) is 1. The number of piperidine rings is 1. The number of aromatic carboxylic acids is 1. The van der Waals surface area contributed by atoms with Gasteiger partial charge >= 0.3 is 11.9 Å². The molecule has 2 fully saturated rings. The van der Waals surface area contributed by atoms with Crippen LogP contribution >= 0.6 is 11.6 Å². The summed E-state index contributed by atoms with van der Waals surface area (Å²) in [5.74, 6) is -0.859. The zero-order chi connectivity index (χ0) is 17.3. The molecule has 4 unspecified atom stereocenters. The average Bonchev–Trinajstić information content (AvgIpc) is 2.54. The largest absolute Gasteiger partial charge is 0.489 e. The van der Waals surface area contributed by atoms with Crippen LogP contribution in [0.15, 0.2) is 18.2 Å². The maximum atomic E-state index is 11.3. The van der Waals surface area contributed by atoms with Crippen LogP contribution in [0.4, 0.5) is 0 Å². The van der Waals surface area contributed by atoms with Crippen molar-refractivity contribution in [3.05, 3.63) is 28.8 Å². The highest BCUT2D eigenvalue weighted by Crippen LogP contribution is 2.38. The summed E-state index contributed by atoms with van der Waals surface area (Å²) < 4.78 is 5.94. The van der Waals surface area contributed by atoms with Gasteiger partial charge in [-0.3, -0.25) is 4.79 Å². The highest BCUT2D eigenvalue weighted by Gasteiger charge is 2.38.